The van der Waals surface area contributed by atoms with Crippen molar-refractivity contribution in [1.29, 1.82) is 0 Å². The van der Waals surface area contributed by atoms with Gasteiger partial charge in [0.25, 0.3) is 6.43 Å². The van der Waals surface area contributed by atoms with Gasteiger partial charge in [0, 0.05) is 11.0 Å². The molecule has 4 nitrogen and oxygen atoms in total. The number of aliphatic hydroxyl groups is 1. The van der Waals surface area contributed by atoms with Crippen molar-refractivity contribution in [3.63, 3.8) is 0 Å². The van der Waals surface area contributed by atoms with Gasteiger partial charge < -0.3 is 5.11 Å². The normalized spacial score (nSPS) is 13.8. The predicted octanol–water partition coefficient (Wildman–Crippen LogP) is 2.66. The molecule has 1 rings (SSSR count). The summed E-state index contributed by atoms with van der Waals surface area (Å²) in [7, 11) is -4.20. The molecule has 0 radical (unpaired) electrons. The molecule has 0 saturated heterocycles. The van der Waals surface area contributed by atoms with Crippen LogP contribution in [-0.4, -0.2) is 32.6 Å². The zero-order valence-electron chi connectivity index (χ0n) is 9.08. The van der Waals surface area contributed by atoms with Crippen LogP contribution in [0.2, 0.25) is 10.0 Å². The van der Waals surface area contributed by atoms with Crippen molar-refractivity contribution in [2.24, 2.45) is 0 Å². The Morgan fingerprint density at radius 3 is 2.21 bits per heavy atom. The zero-order valence-corrected chi connectivity index (χ0v) is 13.0. The number of rotatable bonds is 5. The van der Waals surface area contributed by atoms with E-state index in [1.54, 1.807) is 0 Å². The molecule has 0 spiro atoms. The quantitative estimate of drug-likeness (QED) is 0.801. The minimum atomic E-state index is -4.20. The van der Waals surface area contributed by atoms with E-state index in [-0.39, 0.29) is 10.0 Å². The third kappa shape index (κ3) is 4.51. The molecule has 2 N–H and O–H groups in total. The minimum Gasteiger partial charge on any atom is -0.386 e. The molecule has 1 aromatic rings. The van der Waals surface area contributed by atoms with Crippen LogP contribution >= 0.6 is 39.1 Å². The van der Waals surface area contributed by atoms with Crippen molar-refractivity contribution >= 4 is 49.2 Å². The summed E-state index contributed by atoms with van der Waals surface area (Å²) in [6.45, 7) is -0.845. The number of sulfonamides is 1. The van der Waals surface area contributed by atoms with Gasteiger partial charge in [0.1, 0.15) is 11.0 Å². The van der Waals surface area contributed by atoms with E-state index in [0.29, 0.717) is 4.47 Å². The summed E-state index contributed by atoms with van der Waals surface area (Å²) in [6, 6.07) is 2.59. The molecule has 10 heteroatoms. The van der Waals surface area contributed by atoms with Crippen LogP contribution in [0, 0.1) is 0 Å². The van der Waals surface area contributed by atoms with Gasteiger partial charge in [0.2, 0.25) is 10.0 Å². The Labute approximate surface area is 126 Å². The van der Waals surface area contributed by atoms with Gasteiger partial charge in [-0.2, -0.15) is 0 Å². The zero-order chi connectivity index (χ0) is 14.8. The van der Waals surface area contributed by atoms with Crippen molar-refractivity contribution in [3.8, 4) is 0 Å². The Hall–Kier alpha value is 0.01000. The first-order chi connectivity index (χ1) is 8.65. The molecule has 1 unspecified atom stereocenters. The Morgan fingerprint density at radius 2 is 1.79 bits per heavy atom. The van der Waals surface area contributed by atoms with Gasteiger partial charge in [0.15, 0.2) is 0 Å². The molecule has 0 amide bonds. The van der Waals surface area contributed by atoms with E-state index in [1.807, 2.05) is 4.72 Å². The molecule has 0 saturated carbocycles. The lowest BCUT2D eigenvalue weighted by molar-refractivity contribution is -0.000451. The van der Waals surface area contributed by atoms with Gasteiger partial charge in [-0.25, -0.2) is 21.9 Å². The first-order valence-corrected chi connectivity index (χ1v) is 7.79. The fourth-order valence-electron chi connectivity index (χ4n) is 1.14. The first kappa shape index (κ1) is 17.1. The standard InChI is InChI=1S/C9H8BrCl2F2NO3S/c10-4-1-5(11)8(6(12)2-4)19(17,18)15-3-7(16)9(13)14/h1-2,7,9,15-16H,3H2. The monoisotopic (exact) mass is 397 g/mol. The van der Waals surface area contributed by atoms with E-state index in [1.165, 1.54) is 12.1 Å². The number of nitrogens with one attached hydrogen (secondary N) is 1. The molecular formula is C9H8BrCl2F2NO3S. The molecule has 0 fully saturated rings. The Morgan fingerprint density at radius 1 is 1.32 bits per heavy atom. The number of benzene rings is 1. The van der Waals surface area contributed by atoms with Crippen molar-refractivity contribution in [2.75, 3.05) is 6.54 Å². The lowest BCUT2D eigenvalue weighted by atomic mass is 10.4. The average molecular weight is 399 g/mol. The topological polar surface area (TPSA) is 66.4 Å². The smallest absolute Gasteiger partial charge is 0.265 e. The SMILES string of the molecule is O=S(=O)(NCC(O)C(F)F)c1c(Cl)cc(Br)cc1Cl. The molecule has 108 valence electrons. The van der Waals surface area contributed by atoms with E-state index >= 15 is 0 Å². The molecule has 0 aliphatic carbocycles. The van der Waals surface area contributed by atoms with Crippen LogP contribution in [-0.2, 0) is 10.0 Å². The molecule has 0 aromatic heterocycles. The molecule has 19 heavy (non-hydrogen) atoms. The third-order valence-electron chi connectivity index (χ3n) is 2.01. The highest BCUT2D eigenvalue weighted by molar-refractivity contribution is 9.10. The van der Waals surface area contributed by atoms with Gasteiger partial charge in [-0.1, -0.05) is 39.1 Å². The highest BCUT2D eigenvalue weighted by Gasteiger charge is 2.25. The van der Waals surface area contributed by atoms with Gasteiger partial charge in [-0.15, -0.1) is 0 Å². The van der Waals surface area contributed by atoms with Gasteiger partial charge in [-0.05, 0) is 12.1 Å². The number of hydrogen-bond acceptors (Lipinski definition) is 3. The maximum absolute atomic E-state index is 12.1. The second kappa shape index (κ2) is 6.64. The summed E-state index contributed by atoms with van der Waals surface area (Å²) < 4.78 is 50.2. The fourth-order valence-corrected chi connectivity index (χ4v) is 4.13. The molecule has 0 aliphatic heterocycles. The molecular weight excluding hydrogens is 391 g/mol. The summed E-state index contributed by atoms with van der Waals surface area (Å²) in [6.07, 6.45) is -5.17. The van der Waals surface area contributed by atoms with Gasteiger partial charge >= 0.3 is 0 Å². The number of halogens is 5. The van der Waals surface area contributed by atoms with E-state index in [2.05, 4.69) is 15.9 Å². The van der Waals surface area contributed by atoms with E-state index in [4.69, 9.17) is 28.3 Å². The average Bonchev–Trinajstić information content (AvgIpc) is 2.23. The van der Waals surface area contributed by atoms with Crippen LogP contribution in [0.5, 0.6) is 0 Å². The summed E-state index contributed by atoms with van der Waals surface area (Å²) in [5.74, 6) is 0. The molecule has 0 aliphatic rings. The lowest BCUT2D eigenvalue weighted by Gasteiger charge is -2.13. The largest absolute Gasteiger partial charge is 0.386 e. The highest BCUT2D eigenvalue weighted by Crippen LogP contribution is 2.32. The number of alkyl halides is 2. The van der Waals surface area contributed by atoms with Crippen LogP contribution in [0.25, 0.3) is 0 Å². The molecule has 1 atom stereocenters. The Balaban J connectivity index is 3.02. The second-order valence-electron chi connectivity index (χ2n) is 3.45. The Bertz CT molecular complexity index is 548. The van der Waals surface area contributed by atoms with Crippen molar-refractivity contribution in [3.05, 3.63) is 26.7 Å². The van der Waals surface area contributed by atoms with E-state index in [0.717, 1.165) is 0 Å². The van der Waals surface area contributed by atoms with Gasteiger partial charge in [0.05, 0.1) is 10.0 Å². The maximum Gasteiger partial charge on any atom is 0.265 e. The van der Waals surface area contributed by atoms with Crippen LogP contribution in [0.15, 0.2) is 21.5 Å². The molecule has 0 heterocycles. The molecule has 0 bridgehead atoms. The number of aliphatic hydroxyl groups excluding tert-OH is 1. The predicted molar refractivity (Wildman–Crippen MR) is 71.4 cm³/mol. The third-order valence-corrected chi connectivity index (χ3v) is 4.81. The number of hydrogen-bond donors (Lipinski definition) is 2. The van der Waals surface area contributed by atoms with Gasteiger partial charge in [-0.3, -0.25) is 0 Å². The lowest BCUT2D eigenvalue weighted by Crippen LogP contribution is -2.36. The summed E-state index contributed by atoms with van der Waals surface area (Å²) in [5, 5.41) is 8.53. The summed E-state index contributed by atoms with van der Waals surface area (Å²) >= 11 is 14.6. The minimum absolute atomic E-state index is 0.168. The maximum atomic E-state index is 12.1. The van der Waals surface area contributed by atoms with Crippen molar-refractivity contribution in [2.45, 2.75) is 17.4 Å². The molecule has 1 aromatic carbocycles. The van der Waals surface area contributed by atoms with Crippen LogP contribution in [0.4, 0.5) is 8.78 Å². The van der Waals surface area contributed by atoms with E-state index < -0.39 is 34.0 Å². The highest BCUT2D eigenvalue weighted by atomic mass is 79.9. The van der Waals surface area contributed by atoms with Crippen LogP contribution in [0.1, 0.15) is 0 Å². The first-order valence-electron chi connectivity index (χ1n) is 4.75. The fraction of sp³-hybridized carbons (Fsp3) is 0.333. The second-order valence-corrected chi connectivity index (χ2v) is 6.89. The summed E-state index contributed by atoms with van der Waals surface area (Å²) in [5.41, 5.74) is 0. The Kier molecular flexibility index (Phi) is 5.96. The van der Waals surface area contributed by atoms with E-state index in [9.17, 15) is 17.2 Å². The van der Waals surface area contributed by atoms with Crippen molar-refractivity contribution in [1.82, 2.24) is 4.72 Å². The summed E-state index contributed by atoms with van der Waals surface area (Å²) in [4.78, 5) is -0.430. The van der Waals surface area contributed by atoms with Crippen molar-refractivity contribution < 1.29 is 22.3 Å². The van der Waals surface area contributed by atoms with Crippen LogP contribution < -0.4 is 4.72 Å². The van der Waals surface area contributed by atoms with Crippen LogP contribution in [0.3, 0.4) is 0 Å².